The third kappa shape index (κ3) is 6.08. The average molecular weight is 268 g/mol. The van der Waals surface area contributed by atoms with Gasteiger partial charge in [0, 0.05) is 6.42 Å². The quantitative estimate of drug-likeness (QED) is 0.380. The van der Waals surface area contributed by atoms with Crippen molar-refractivity contribution >= 4 is 23.3 Å². The highest BCUT2D eigenvalue weighted by Gasteiger charge is 2.29. The van der Waals surface area contributed by atoms with Crippen molar-refractivity contribution in [1.82, 2.24) is 0 Å². The fourth-order valence-electron chi connectivity index (χ4n) is 1.69. The number of carbonyl (C=O) groups excluding carboxylic acids is 4. The molecule has 0 aromatic rings. The van der Waals surface area contributed by atoms with Gasteiger partial charge in [0.15, 0.2) is 0 Å². The van der Waals surface area contributed by atoms with Crippen LogP contribution in [0.3, 0.4) is 0 Å². The molecule has 0 rings (SSSR count). The van der Waals surface area contributed by atoms with E-state index in [0.717, 1.165) is 0 Å². The molecule has 0 saturated carbocycles. The van der Waals surface area contributed by atoms with E-state index in [2.05, 4.69) is 0 Å². The lowest BCUT2D eigenvalue weighted by Crippen LogP contribution is -2.27. The summed E-state index contributed by atoms with van der Waals surface area (Å²) in [4.78, 5) is 45.7. The van der Waals surface area contributed by atoms with Gasteiger partial charge in [0.2, 0.25) is 0 Å². The van der Waals surface area contributed by atoms with Crippen LogP contribution < -0.4 is 0 Å². The molecule has 5 heteroatoms. The molecule has 0 unspecified atom stereocenters. The summed E-state index contributed by atoms with van der Waals surface area (Å²) in [5.41, 5.74) is 0.0306. The predicted octanol–water partition coefficient (Wildman–Crippen LogP) is 1.64. The van der Waals surface area contributed by atoms with Crippen molar-refractivity contribution in [2.45, 2.75) is 40.5 Å². The molecule has 19 heavy (non-hydrogen) atoms. The van der Waals surface area contributed by atoms with Crippen molar-refractivity contribution in [3.05, 3.63) is 11.6 Å². The second-order valence-corrected chi connectivity index (χ2v) is 4.27. The van der Waals surface area contributed by atoms with Crippen LogP contribution in [0.15, 0.2) is 11.6 Å². The molecule has 0 heterocycles. The summed E-state index contributed by atoms with van der Waals surface area (Å²) in [6.07, 6.45) is 2.01. The van der Waals surface area contributed by atoms with Crippen LogP contribution in [0.2, 0.25) is 0 Å². The van der Waals surface area contributed by atoms with E-state index in [9.17, 15) is 19.2 Å². The minimum Gasteiger partial charge on any atom is -0.463 e. The van der Waals surface area contributed by atoms with Gasteiger partial charge in [-0.25, -0.2) is 4.79 Å². The predicted molar refractivity (Wildman–Crippen MR) is 69.5 cm³/mol. The standard InChI is InChI=1S/C14H20O5/c1-5-19-14(18)12(8-6-7-9(2)15)13(10(3)16)11(4)17/h8,13H,5-7H2,1-4H3/b12-8+. The van der Waals surface area contributed by atoms with Gasteiger partial charge in [-0.05, 0) is 34.1 Å². The topological polar surface area (TPSA) is 77.5 Å². The van der Waals surface area contributed by atoms with Crippen molar-refractivity contribution in [2.75, 3.05) is 6.61 Å². The monoisotopic (exact) mass is 268 g/mol. The van der Waals surface area contributed by atoms with Crippen molar-refractivity contribution in [3.8, 4) is 0 Å². The second kappa shape index (κ2) is 8.34. The summed E-state index contributed by atoms with van der Waals surface area (Å²) in [5, 5.41) is 0. The molecule has 0 atom stereocenters. The molecule has 0 aliphatic rings. The number of hydrogen-bond acceptors (Lipinski definition) is 5. The summed E-state index contributed by atoms with van der Waals surface area (Å²) >= 11 is 0. The first-order valence-corrected chi connectivity index (χ1v) is 6.18. The fourth-order valence-corrected chi connectivity index (χ4v) is 1.69. The van der Waals surface area contributed by atoms with Gasteiger partial charge >= 0.3 is 5.97 Å². The number of allylic oxidation sites excluding steroid dienone is 1. The first-order valence-electron chi connectivity index (χ1n) is 6.18. The van der Waals surface area contributed by atoms with Crippen molar-refractivity contribution in [1.29, 1.82) is 0 Å². The van der Waals surface area contributed by atoms with Crippen molar-refractivity contribution < 1.29 is 23.9 Å². The van der Waals surface area contributed by atoms with Crippen LogP contribution >= 0.6 is 0 Å². The average Bonchev–Trinajstić information content (AvgIpc) is 2.26. The zero-order valence-electron chi connectivity index (χ0n) is 11.8. The Bertz CT molecular complexity index is 392. The van der Waals surface area contributed by atoms with Gasteiger partial charge in [-0.3, -0.25) is 9.59 Å². The Morgan fingerprint density at radius 1 is 1.05 bits per heavy atom. The molecule has 0 radical (unpaired) electrons. The lowest BCUT2D eigenvalue weighted by Gasteiger charge is -2.14. The Labute approximate surface area is 113 Å². The van der Waals surface area contributed by atoms with Gasteiger partial charge in [0.25, 0.3) is 0 Å². The highest BCUT2D eigenvalue weighted by Crippen LogP contribution is 2.17. The van der Waals surface area contributed by atoms with Crippen molar-refractivity contribution in [3.63, 3.8) is 0 Å². The molecule has 0 amide bonds. The molecular formula is C14H20O5. The number of Topliss-reactive ketones (excluding diaryl/α,β-unsaturated/α-hetero) is 3. The van der Waals surface area contributed by atoms with Gasteiger partial charge < -0.3 is 9.53 Å². The Kier molecular flexibility index (Phi) is 7.56. The molecule has 0 saturated heterocycles. The van der Waals surface area contributed by atoms with E-state index in [4.69, 9.17) is 4.74 Å². The summed E-state index contributed by atoms with van der Waals surface area (Å²) < 4.78 is 4.85. The third-order valence-corrected chi connectivity index (χ3v) is 2.50. The van der Waals surface area contributed by atoms with Crippen LogP contribution in [0.5, 0.6) is 0 Å². The molecule has 0 aromatic heterocycles. The first kappa shape index (κ1) is 17.2. The molecule has 0 aliphatic heterocycles. The summed E-state index contributed by atoms with van der Waals surface area (Å²) in [6, 6.07) is 0. The first-order chi connectivity index (χ1) is 8.81. The maximum absolute atomic E-state index is 11.8. The molecular weight excluding hydrogens is 248 g/mol. The highest BCUT2D eigenvalue weighted by molar-refractivity contribution is 6.10. The minimum absolute atomic E-state index is 0.0262. The number of esters is 1. The SMILES string of the molecule is CCOC(=O)/C(=C/CCC(C)=O)C(C(C)=O)C(C)=O. The number of rotatable bonds is 8. The van der Waals surface area contributed by atoms with Crippen LogP contribution in [0.4, 0.5) is 0 Å². The van der Waals surface area contributed by atoms with E-state index in [0.29, 0.717) is 6.42 Å². The Morgan fingerprint density at radius 3 is 1.95 bits per heavy atom. The van der Waals surface area contributed by atoms with E-state index in [1.54, 1.807) is 6.92 Å². The van der Waals surface area contributed by atoms with E-state index in [1.165, 1.54) is 26.8 Å². The Hall–Kier alpha value is -1.78. The van der Waals surface area contributed by atoms with Gasteiger partial charge in [-0.1, -0.05) is 6.08 Å². The van der Waals surface area contributed by atoms with E-state index < -0.39 is 23.5 Å². The number of carbonyl (C=O) groups is 4. The van der Waals surface area contributed by atoms with E-state index in [1.807, 2.05) is 0 Å². The van der Waals surface area contributed by atoms with Gasteiger partial charge in [-0.15, -0.1) is 0 Å². The molecule has 0 spiro atoms. The zero-order chi connectivity index (χ0) is 15.0. The Balaban J connectivity index is 5.23. The normalized spacial score (nSPS) is 11.3. The summed E-state index contributed by atoms with van der Waals surface area (Å²) in [7, 11) is 0. The largest absolute Gasteiger partial charge is 0.463 e. The molecule has 0 aliphatic carbocycles. The smallest absolute Gasteiger partial charge is 0.334 e. The zero-order valence-corrected chi connectivity index (χ0v) is 11.8. The lowest BCUT2D eigenvalue weighted by molar-refractivity contribution is -0.142. The molecule has 0 N–H and O–H groups in total. The van der Waals surface area contributed by atoms with Crippen LogP contribution in [0, 0.1) is 5.92 Å². The highest BCUT2D eigenvalue weighted by atomic mass is 16.5. The maximum atomic E-state index is 11.8. The number of hydrogen-bond donors (Lipinski definition) is 0. The molecule has 5 nitrogen and oxygen atoms in total. The van der Waals surface area contributed by atoms with E-state index >= 15 is 0 Å². The maximum Gasteiger partial charge on any atom is 0.334 e. The molecule has 0 fully saturated rings. The Morgan fingerprint density at radius 2 is 1.58 bits per heavy atom. The van der Waals surface area contributed by atoms with Crippen molar-refractivity contribution in [2.24, 2.45) is 5.92 Å². The lowest BCUT2D eigenvalue weighted by atomic mass is 9.90. The molecule has 0 bridgehead atoms. The molecule has 0 aromatic carbocycles. The summed E-state index contributed by atoms with van der Waals surface area (Å²) in [6.45, 7) is 5.74. The number of ether oxygens (including phenoxy) is 1. The van der Waals surface area contributed by atoms with Gasteiger partial charge in [0.05, 0.1) is 12.2 Å². The summed E-state index contributed by atoms with van der Waals surface area (Å²) in [5.74, 6) is -2.63. The van der Waals surface area contributed by atoms with Crippen LogP contribution in [0.1, 0.15) is 40.5 Å². The van der Waals surface area contributed by atoms with Gasteiger partial charge in [0.1, 0.15) is 23.3 Å². The fraction of sp³-hybridized carbons (Fsp3) is 0.571. The van der Waals surface area contributed by atoms with E-state index in [-0.39, 0.29) is 24.4 Å². The third-order valence-electron chi connectivity index (χ3n) is 2.50. The van der Waals surface area contributed by atoms with Gasteiger partial charge in [-0.2, -0.15) is 0 Å². The van der Waals surface area contributed by atoms with Crippen LogP contribution in [0.25, 0.3) is 0 Å². The van der Waals surface area contributed by atoms with Crippen LogP contribution in [-0.2, 0) is 23.9 Å². The second-order valence-electron chi connectivity index (χ2n) is 4.27. The number of ketones is 3. The molecule has 106 valence electrons. The minimum atomic E-state index is -1.11. The van der Waals surface area contributed by atoms with Crippen LogP contribution in [-0.4, -0.2) is 29.9 Å².